The SMILES string of the molecule is Cc1ccc(CN2CCCCNC(C)(C)C2)cc1. The molecule has 2 rings (SSSR count). The lowest BCUT2D eigenvalue weighted by Gasteiger charge is -2.36. The van der Waals surface area contributed by atoms with E-state index in [0.717, 1.165) is 19.6 Å². The number of nitrogens with zero attached hydrogens (tertiary/aromatic N) is 1. The van der Waals surface area contributed by atoms with Crippen molar-refractivity contribution in [2.45, 2.75) is 45.7 Å². The molecule has 0 spiro atoms. The summed E-state index contributed by atoms with van der Waals surface area (Å²) in [6, 6.07) is 8.94. The predicted octanol–water partition coefficient (Wildman–Crippen LogP) is 2.96. The van der Waals surface area contributed by atoms with Gasteiger partial charge < -0.3 is 5.32 Å². The van der Waals surface area contributed by atoms with E-state index in [1.165, 1.54) is 30.5 Å². The van der Waals surface area contributed by atoms with E-state index in [2.05, 4.69) is 55.3 Å². The molecule has 1 heterocycles. The Balaban J connectivity index is 1.99. The highest BCUT2D eigenvalue weighted by Gasteiger charge is 2.22. The number of rotatable bonds is 2. The Bertz CT molecular complexity index is 367. The van der Waals surface area contributed by atoms with Crippen molar-refractivity contribution < 1.29 is 0 Å². The monoisotopic (exact) mass is 246 g/mol. The lowest BCUT2D eigenvalue weighted by molar-refractivity contribution is 0.174. The molecule has 1 N–H and O–H groups in total. The molecular formula is C16H26N2. The number of hydrogen-bond donors (Lipinski definition) is 1. The van der Waals surface area contributed by atoms with Crippen molar-refractivity contribution >= 4 is 0 Å². The van der Waals surface area contributed by atoms with Gasteiger partial charge in [0.15, 0.2) is 0 Å². The minimum atomic E-state index is 0.227. The second-order valence-electron chi connectivity index (χ2n) is 6.21. The summed E-state index contributed by atoms with van der Waals surface area (Å²) in [5.41, 5.74) is 3.00. The average molecular weight is 246 g/mol. The Morgan fingerprint density at radius 1 is 1.17 bits per heavy atom. The second-order valence-corrected chi connectivity index (χ2v) is 6.21. The van der Waals surface area contributed by atoms with Gasteiger partial charge in [-0.15, -0.1) is 0 Å². The van der Waals surface area contributed by atoms with Crippen LogP contribution in [0.15, 0.2) is 24.3 Å². The van der Waals surface area contributed by atoms with E-state index < -0.39 is 0 Å². The van der Waals surface area contributed by atoms with Crippen molar-refractivity contribution in [2.75, 3.05) is 19.6 Å². The summed E-state index contributed by atoms with van der Waals surface area (Å²) in [6.45, 7) is 11.3. The molecule has 0 aromatic heterocycles. The summed E-state index contributed by atoms with van der Waals surface area (Å²) >= 11 is 0. The van der Waals surface area contributed by atoms with E-state index in [0.29, 0.717) is 0 Å². The van der Waals surface area contributed by atoms with Crippen molar-refractivity contribution in [3.63, 3.8) is 0 Å². The molecule has 1 aliphatic heterocycles. The van der Waals surface area contributed by atoms with Crippen LogP contribution < -0.4 is 5.32 Å². The minimum Gasteiger partial charge on any atom is -0.311 e. The summed E-state index contributed by atoms with van der Waals surface area (Å²) in [7, 11) is 0. The quantitative estimate of drug-likeness (QED) is 0.863. The van der Waals surface area contributed by atoms with Crippen LogP contribution in [0.5, 0.6) is 0 Å². The molecule has 0 bridgehead atoms. The lowest BCUT2D eigenvalue weighted by atomic mass is 10.0. The first-order chi connectivity index (χ1) is 8.55. The normalized spacial score (nSPS) is 21.3. The zero-order valence-electron chi connectivity index (χ0n) is 12.0. The van der Waals surface area contributed by atoms with Gasteiger partial charge in [-0.1, -0.05) is 29.8 Å². The molecule has 0 unspecified atom stereocenters. The maximum absolute atomic E-state index is 3.64. The minimum absolute atomic E-state index is 0.227. The molecule has 2 heteroatoms. The van der Waals surface area contributed by atoms with Gasteiger partial charge >= 0.3 is 0 Å². The molecule has 1 aliphatic rings. The highest BCUT2D eigenvalue weighted by molar-refractivity contribution is 5.21. The van der Waals surface area contributed by atoms with Crippen LogP contribution in [-0.2, 0) is 6.54 Å². The number of nitrogens with one attached hydrogen (secondary N) is 1. The highest BCUT2D eigenvalue weighted by atomic mass is 15.2. The van der Waals surface area contributed by atoms with Crippen LogP contribution in [0.2, 0.25) is 0 Å². The summed E-state index contributed by atoms with van der Waals surface area (Å²) in [5.74, 6) is 0. The van der Waals surface area contributed by atoms with E-state index in [4.69, 9.17) is 0 Å². The fourth-order valence-corrected chi connectivity index (χ4v) is 2.67. The zero-order valence-corrected chi connectivity index (χ0v) is 12.0. The first-order valence-electron chi connectivity index (χ1n) is 7.08. The predicted molar refractivity (Wildman–Crippen MR) is 77.8 cm³/mol. The van der Waals surface area contributed by atoms with Crippen LogP contribution >= 0.6 is 0 Å². The van der Waals surface area contributed by atoms with Gasteiger partial charge in [0.1, 0.15) is 0 Å². The fraction of sp³-hybridized carbons (Fsp3) is 0.625. The van der Waals surface area contributed by atoms with Crippen molar-refractivity contribution in [2.24, 2.45) is 0 Å². The maximum Gasteiger partial charge on any atom is 0.0252 e. The smallest absolute Gasteiger partial charge is 0.0252 e. The van der Waals surface area contributed by atoms with E-state index in [9.17, 15) is 0 Å². The highest BCUT2D eigenvalue weighted by Crippen LogP contribution is 2.14. The number of aryl methyl sites for hydroxylation is 1. The summed E-state index contributed by atoms with van der Waals surface area (Å²) in [5, 5.41) is 3.64. The molecule has 100 valence electrons. The molecule has 0 radical (unpaired) electrons. The molecule has 0 atom stereocenters. The lowest BCUT2D eigenvalue weighted by Crippen LogP contribution is -2.51. The van der Waals surface area contributed by atoms with Gasteiger partial charge in [-0.25, -0.2) is 0 Å². The first kappa shape index (κ1) is 13.6. The van der Waals surface area contributed by atoms with E-state index in [-0.39, 0.29) is 5.54 Å². The van der Waals surface area contributed by atoms with Crippen LogP contribution in [0, 0.1) is 6.92 Å². The van der Waals surface area contributed by atoms with Gasteiger partial charge in [-0.3, -0.25) is 4.90 Å². The molecule has 2 nitrogen and oxygen atoms in total. The molecular weight excluding hydrogens is 220 g/mol. The van der Waals surface area contributed by atoms with Gasteiger partial charge in [0.25, 0.3) is 0 Å². The fourth-order valence-electron chi connectivity index (χ4n) is 2.67. The van der Waals surface area contributed by atoms with Crippen molar-refractivity contribution in [3.8, 4) is 0 Å². The third kappa shape index (κ3) is 4.11. The van der Waals surface area contributed by atoms with Crippen LogP contribution in [0.25, 0.3) is 0 Å². The third-order valence-corrected chi connectivity index (χ3v) is 3.65. The molecule has 1 aromatic carbocycles. The topological polar surface area (TPSA) is 15.3 Å². The molecule has 1 aromatic rings. The Morgan fingerprint density at radius 3 is 2.61 bits per heavy atom. The van der Waals surface area contributed by atoms with Gasteiger partial charge in [0, 0.05) is 18.6 Å². The number of hydrogen-bond acceptors (Lipinski definition) is 2. The van der Waals surface area contributed by atoms with Crippen molar-refractivity contribution in [1.82, 2.24) is 10.2 Å². The Hall–Kier alpha value is -0.860. The van der Waals surface area contributed by atoms with Gasteiger partial charge in [-0.05, 0) is 52.3 Å². The first-order valence-corrected chi connectivity index (χ1v) is 7.08. The van der Waals surface area contributed by atoms with Gasteiger partial charge in [0.2, 0.25) is 0 Å². The van der Waals surface area contributed by atoms with E-state index >= 15 is 0 Å². The molecule has 1 fully saturated rings. The molecule has 0 amide bonds. The van der Waals surface area contributed by atoms with E-state index in [1.807, 2.05) is 0 Å². The second kappa shape index (κ2) is 5.85. The van der Waals surface area contributed by atoms with Gasteiger partial charge in [-0.2, -0.15) is 0 Å². The van der Waals surface area contributed by atoms with Crippen LogP contribution in [0.4, 0.5) is 0 Å². The van der Waals surface area contributed by atoms with Crippen molar-refractivity contribution in [3.05, 3.63) is 35.4 Å². The molecule has 0 saturated carbocycles. The molecule has 18 heavy (non-hydrogen) atoms. The summed E-state index contributed by atoms with van der Waals surface area (Å²) in [6.07, 6.45) is 2.59. The molecule has 0 aliphatic carbocycles. The maximum atomic E-state index is 3.64. The Labute approximate surface area is 111 Å². The largest absolute Gasteiger partial charge is 0.311 e. The standard InChI is InChI=1S/C16H26N2/c1-14-6-8-15(9-7-14)12-18-11-5-4-10-17-16(2,3)13-18/h6-9,17H,4-5,10-13H2,1-3H3. The molecule has 1 saturated heterocycles. The van der Waals surface area contributed by atoms with Crippen LogP contribution in [0.3, 0.4) is 0 Å². The average Bonchev–Trinajstić information content (AvgIpc) is 2.28. The Morgan fingerprint density at radius 2 is 1.89 bits per heavy atom. The Kier molecular flexibility index (Phi) is 4.41. The zero-order chi connectivity index (χ0) is 13.0. The number of benzene rings is 1. The van der Waals surface area contributed by atoms with Crippen LogP contribution in [0.1, 0.15) is 37.8 Å². The van der Waals surface area contributed by atoms with Gasteiger partial charge in [0.05, 0.1) is 0 Å². The summed E-state index contributed by atoms with van der Waals surface area (Å²) < 4.78 is 0. The van der Waals surface area contributed by atoms with E-state index in [1.54, 1.807) is 0 Å². The third-order valence-electron chi connectivity index (χ3n) is 3.65. The van der Waals surface area contributed by atoms with Crippen molar-refractivity contribution in [1.29, 1.82) is 0 Å². The van der Waals surface area contributed by atoms with Crippen LogP contribution in [-0.4, -0.2) is 30.1 Å². The summed E-state index contributed by atoms with van der Waals surface area (Å²) in [4.78, 5) is 2.58.